The highest BCUT2D eigenvalue weighted by Gasteiger charge is 2.10. The molecule has 0 bridgehead atoms. The zero-order valence-electron chi connectivity index (χ0n) is 11.7. The van der Waals surface area contributed by atoms with Crippen LogP contribution in [0.5, 0.6) is 0 Å². The van der Waals surface area contributed by atoms with Crippen LogP contribution < -0.4 is 5.32 Å². The van der Waals surface area contributed by atoms with E-state index in [-0.39, 0.29) is 0 Å². The summed E-state index contributed by atoms with van der Waals surface area (Å²) in [5.74, 6) is 1.68. The molecule has 2 heterocycles. The summed E-state index contributed by atoms with van der Waals surface area (Å²) in [6.45, 7) is 3.04. The van der Waals surface area contributed by atoms with Crippen molar-refractivity contribution in [1.29, 1.82) is 0 Å². The van der Waals surface area contributed by atoms with Crippen molar-refractivity contribution in [3.63, 3.8) is 0 Å². The third kappa shape index (κ3) is 2.22. The lowest BCUT2D eigenvalue weighted by Gasteiger charge is -2.06. The second-order valence-corrected chi connectivity index (χ2v) is 4.56. The maximum atomic E-state index is 4.72. The van der Waals surface area contributed by atoms with E-state index in [4.69, 9.17) is 4.98 Å². The second-order valence-electron chi connectivity index (χ2n) is 4.56. The van der Waals surface area contributed by atoms with Crippen molar-refractivity contribution in [1.82, 2.24) is 19.5 Å². The van der Waals surface area contributed by atoms with Gasteiger partial charge >= 0.3 is 0 Å². The quantitative estimate of drug-likeness (QED) is 0.789. The Bertz CT molecular complexity index is 732. The van der Waals surface area contributed by atoms with E-state index in [1.807, 2.05) is 31.3 Å². The van der Waals surface area contributed by atoms with Gasteiger partial charge in [0.15, 0.2) is 0 Å². The molecule has 1 N–H and O–H groups in total. The van der Waals surface area contributed by atoms with Gasteiger partial charge in [0.25, 0.3) is 0 Å². The van der Waals surface area contributed by atoms with Gasteiger partial charge < -0.3 is 9.88 Å². The second kappa shape index (κ2) is 5.28. The fraction of sp³-hybridized carbons (Fsp3) is 0.267. The molecule has 0 radical (unpaired) electrons. The number of aromatic nitrogens is 4. The van der Waals surface area contributed by atoms with Crippen LogP contribution in [0, 0.1) is 0 Å². The van der Waals surface area contributed by atoms with Crippen molar-refractivity contribution in [2.24, 2.45) is 0 Å². The fourth-order valence-electron chi connectivity index (χ4n) is 2.39. The summed E-state index contributed by atoms with van der Waals surface area (Å²) in [4.78, 5) is 13.3. The third-order valence-electron chi connectivity index (χ3n) is 3.33. The van der Waals surface area contributed by atoms with Gasteiger partial charge in [-0.15, -0.1) is 0 Å². The Morgan fingerprint density at radius 2 is 2.00 bits per heavy atom. The van der Waals surface area contributed by atoms with Gasteiger partial charge in [0.05, 0.1) is 16.7 Å². The van der Waals surface area contributed by atoms with E-state index in [1.54, 1.807) is 6.20 Å². The lowest BCUT2D eigenvalue weighted by Crippen LogP contribution is -2.05. The van der Waals surface area contributed by atoms with Gasteiger partial charge in [0, 0.05) is 26.2 Å². The average molecular weight is 267 g/mol. The number of para-hydroxylation sites is 2. The molecule has 0 saturated carbocycles. The van der Waals surface area contributed by atoms with Crippen LogP contribution in [0.4, 0.5) is 5.95 Å². The average Bonchev–Trinajstić information content (AvgIpc) is 2.84. The SMILES string of the molecule is CCn1c(Cc2ccnc(NC)n2)nc2ccccc21. The number of fused-ring (bicyclic) bond motifs is 1. The molecule has 3 aromatic rings. The van der Waals surface area contributed by atoms with Crippen molar-refractivity contribution in [3.05, 3.63) is 48.0 Å². The molecule has 5 nitrogen and oxygen atoms in total. The first kappa shape index (κ1) is 12.6. The molecule has 2 aromatic heterocycles. The molecule has 3 rings (SSSR count). The van der Waals surface area contributed by atoms with Crippen LogP contribution in [0.1, 0.15) is 18.4 Å². The molecule has 0 atom stereocenters. The van der Waals surface area contributed by atoms with E-state index in [0.717, 1.165) is 23.6 Å². The molecule has 0 amide bonds. The van der Waals surface area contributed by atoms with Gasteiger partial charge in [0.1, 0.15) is 5.82 Å². The highest BCUT2D eigenvalue weighted by atomic mass is 15.1. The number of imidazole rings is 1. The van der Waals surface area contributed by atoms with Crippen LogP contribution in [0.15, 0.2) is 36.5 Å². The number of aryl methyl sites for hydroxylation is 1. The van der Waals surface area contributed by atoms with E-state index < -0.39 is 0 Å². The number of hydrogen-bond acceptors (Lipinski definition) is 4. The van der Waals surface area contributed by atoms with Crippen molar-refractivity contribution in [2.45, 2.75) is 19.9 Å². The minimum atomic E-state index is 0.640. The Morgan fingerprint density at radius 1 is 1.15 bits per heavy atom. The van der Waals surface area contributed by atoms with Gasteiger partial charge in [-0.2, -0.15) is 0 Å². The molecule has 0 aliphatic carbocycles. The summed E-state index contributed by atoms with van der Waals surface area (Å²) >= 11 is 0. The summed E-state index contributed by atoms with van der Waals surface area (Å²) in [5, 5.41) is 2.96. The molecule has 0 fully saturated rings. The molecule has 0 aliphatic heterocycles. The van der Waals surface area contributed by atoms with Gasteiger partial charge in [-0.05, 0) is 25.1 Å². The van der Waals surface area contributed by atoms with Crippen LogP contribution in [-0.2, 0) is 13.0 Å². The van der Waals surface area contributed by atoms with Crippen LogP contribution in [-0.4, -0.2) is 26.6 Å². The van der Waals surface area contributed by atoms with Gasteiger partial charge in [-0.25, -0.2) is 15.0 Å². The number of nitrogens with zero attached hydrogens (tertiary/aromatic N) is 4. The van der Waals surface area contributed by atoms with Gasteiger partial charge in [-0.3, -0.25) is 0 Å². The first-order chi connectivity index (χ1) is 9.81. The van der Waals surface area contributed by atoms with E-state index in [9.17, 15) is 0 Å². The van der Waals surface area contributed by atoms with Crippen LogP contribution in [0.25, 0.3) is 11.0 Å². The molecule has 0 saturated heterocycles. The van der Waals surface area contributed by atoms with E-state index in [1.165, 1.54) is 5.52 Å². The number of benzene rings is 1. The predicted octanol–water partition coefficient (Wildman–Crippen LogP) is 2.48. The molecule has 0 unspecified atom stereocenters. The lowest BCUT2D eigenvalue weighted by atomic mass is 10.3. The summed E-state index contributed by atoms with van der Waals surface area (Å²) in [6.07, 6.45) is 2.48. The summed E-state index contributed by atoms with van der Waals surface area (Å²) in [7, 11) is 1.82. The molecule has 102 valence electrons. The zero-order valence-corrected chi connectivity index (χ0v) is 11.7. The Kier molecular flexibility index (Phi) is 3.33. The molecule has 0 aliphatic rings. The molecular formula is C15H17N5. The molecule has 5 heteroatoms. The summed E-state index contributed by atoms with van der Waals surface area (Å²) in [5.41, 5.74) is 3.18. The number of rotatable bonds is 4. The number of nitrogens with one attached hydrogen (secondary N) is 1. The van der Waals surface area contributed by atoms with Crippen molar-refractivity contribution in [3.8, 4) is 0 Å². The van der Waals surface area contributed by atoms with Crippen molar-refractivity contribution >= 4 is 17.0 Å². The monoisotopic (exact) mass is 267 g/mol. The topological polar surface area (TPSA) is 55.6 Å². The normalized spacial score (nSPS) is 10.9. The Hall–Kier alpha value is -2.43. The van der Waals surface area contributed by atoms with Crippen LogP contribution >= 0.6 is 0 Å². The molecular weight excluding hydrogens is 250 g/mol. The first-order valence-electron chi connectivity index (χ1n) is 6.75. The smallest absolute Gasteiger partial charge is 0.222 e. The largest absolute Gasteiger partial charge is 0.357 e. The van der Waals surface area contributed by atoms with E-state index in [2.05, 4.69) is 32.8 Å². The minimum Gasteiger partial charge on any atom is -0.357 e. The van der Waals surface area contributed by atoms with Crippen LogP contribution in [0.2, 0.25) is 0 Å². The molecule has 1 aromatic carbocycles. The predicted molar refractivity (Wildman–Crippen MR) is 79.8 cm³/mol. The number of hydrogen-bond donors (Lipinski definition) is 1. The van der Waals surface area contributed by atoms with Crippen LogP contribution in [0.3, 0.4) is 0 Å². The Morgan fingerprint density at radius 3 is 2.80 bits per heavy atom. The summed E-state index contributed by atoms with van der Waals surface area (Å²) in [6, 6.07) is 10.1. The number of anilines is 1. The maximum absolute atomic E-state index is 4.72. The van der Waals surface area contributed by atoms with E-state index in [0.29, 0.717) is 12.4 Å². The molecule has 0 spiro atoms. The van der Waals surface area contributed by atoms with Crippen molar-refractivity contribution in [2.75, 3.05) is 12.4 Å². The highest BCUT2D eigenvalue weighted by Crippen LogP contribution is 2.18. The molecule has 20 heavy (non-hydrogen) atoms. The highest BCUT2D eigenvalue weighted by molar-refractivity contribution is 5.75. The van der Waals surface area contributed by atoms with Gasteiger partial charge in [0.2, 0.25) is 5.95 Å². The Labute approximate surface area is 117 Å². The maximum Gasteiger partial charge on any atom is 0.222 e. The standard InChI is InChI=1S/C15H17N5/c1-3-20-13-7-5-4-6-12(13)19-14(20)10-11-8-9-17-15(16-2)18-11/h4-9H,3,10H2,1-2H3,(H,16,17,18). The minimum absolute atomic E-state index is 0.640. The summed E-state index contributed by atoms with van der Waals surface area (Å²) < 4.78 is 2.23. The zero-order chi connectivity index (χ0) is 13.9. The lowest BCUT2D eigenvalue weighted by molar-refractivity contribution is 0.728. The Balaban J connectivity index is 2.01. The fourth-order valence-corrected chi connectivity index (χ4v) is 2.39. The van der Waals surface area contributed by atoms with E-state index >= 15 is 0 Å². The first-order valence-corrected chi connectivity index (χ1v) is 6.75. The van der Waals surface area contributed by atoms with Crippen molar-refractivity contribution < 1.29 is 0 Å². The van der Waals surface area contributed by atoms with Gasteiger partial charge in [-0.1, -0.05) is 12.1 Å². The third-order valence-corrected chi connectivity index (χ3v) is 3.33.